The summed E-state index contributed by atoms with van der Waals surface area (Å²) in [5.41, 5.74) is 3.04. The number of aromatic amines is 1. The first-order valence-corrected chi connectivity index (χ1v) is 8.18. The van der Waals surface area contributed by atoms with Crippen molar-refractivity contribution in [3.8, 4) is 17.0 Å². The van der Waals surface area contributed by atoms with Gasteiger partial charge in [0.1, 0.15) is 5.75 Å². The molecule has 26 heavy (non-hydrogen) atoms. The number of ether oxygens (including phenoxy) is 2. The number of methoxy groups -OCH3 is 1. The fourth-order valence-electron chi connectivity index (χ4n) is 2.91. The van der Waals surface area contributed by atoms with E-state index in [2.05, 4.69) is 20.8 Å². The Morgan fingerprint density at radius 2 is 2.00 bits per heavy atom. The largest absolute Gasteiger partial charge is 0.497 e. The summed E-state index contributed by atoms with van der Waals surface area (Å²) < 4.78 is 10.3. The second-order valence-corrected chi connectivity index (χ2v) is 5.72. The van der Waals surface area contributed by atoms with Crippen LogP contribution in [0.15, 0.2) is 41.7 Å². The van der Waals surface area contributed by atoms with Crippen LogP contribution in [0.25, 0.3) is 11.3 Å². The number of aromatic nitrogens is 2. The van der Waals surface area contributed by atoms with E-state index in [-0.39, 0.29) is 12.6 Å². The van der Waals surface area contributed by atoms with Gasteiger partial charge in [-0.25, -0.2) is 9.59 Å². The number of benzene rings is 1. The third-order valence-electron chi connectivity index (χ3n) is 4.12. The number of nitrogens with zero attached hydrogens (tertiary/aromatic N) is 1. The van der Waals surface area contributed by atoms with Gasteiger partial charge in [-0.1, -0.05) is 0 Å². The Morgan fingerprint density at radius 1 is 1.27 bits per heavy atom. The van der Waals surface area contributed by atoms with E-state index in [1.165, 1.54) is 0 Å². The summed E-state index contributed by atoms with van der Waals surface area (Å²) in [6.07, 6.45) is 1.60. The number of nitrogens with one attached hydrogen (secondary N) is 3. The molecule has 0 bridgehead atoms. The van der Waals surface area contributed by atoms with Gasteiger partial charge in [0, 0.05) is 16.8 Å². The highest BCUT2D eigenvalue weighted by Gasteiger charge is 2.34. The van der Waals surface area contributed by atoms with Crippen LogP contribution in [0.4, 0.5) is 4.79 Å². The minimum absolute atomic E-state index is 0.243. The molecule has 8 nitrogen and oxygen atoms in total. The summed E-state index contributed by atoms with van der Waals surface area (Å²) in [4.78, 5) is 24.4. The van der Waals surface area contributed by atoms with Crippen LogP contribution in [0, 0.1) is 0 Å². The number of H-pyrrole nitrogens is 1. The Labute approximate surface area is 150 Å². The normalized spacial score (nSPS) is 16.7. The number of allylic oxidation sites excluding steroid dienone is 1. The van der Waals surface area contributed by atoms with E-state index in [4.69, 9.17) is 9.47 Å². The van der Waals surface area contributed by atoms with E-state index in [9.17, 15) is 9.59 Å². The predicted molar refractivity (Wildman–Crippen MR) is 94.3 cm³/mol. The number of hydrogen-bond donors (Lipinski definition) is 3. The summed E-state index contributed by atoms with van der Waals surface area (Å²) >= 11 is 0. The number of carbonyl (C=O) groups is 2. The van der Waals surface area contributed by atoms with Crippen LogP contribution in [0.5, 0.6) is 5.75 Å². The van der Waals surface area contributed by atoms with Crippen molar-refractivity contribution < 1.29 is 19.1 Å². The van der Waals surface area contributed by atoms with Crippen LogP contribution in [0.3, 0.4) is 0 Å². The van der Waals surface area contributed by atoms with Crippen molar-refractivity contribution in [1.29, 1.82) is 0 Å². The number of rotatable bonds is 5. The molecular formula is C18H20N4O4. The monoisotopic (exact) mass is 356 g/mol. The molecule has 2 heterocycles. The number of urea groups is 1. The summed E-state index contributed by atoms with van der Waals surface area (Å²) in [6.45, 7) is 3.65. The molecule has 0 fully saturated rings. The van der Waals surface area contributed by atoms with Crippen molar-refractivity contribution in [3.63, 3.8) is 0 Å². The zero-order valence-corrected chi connectivity index (χ0v) is 14.8. The standard InChI is InChI=1S/C18H20N4O4/c1-4-26-17(23)14-10(2)20-18(24)21-16(14)13-9-19-22-15(13)11-5-7-12(25-3)8-6-11/h5-9,16H,4H2,1-3H3,(H,19,22)(H2,20,21,24)/t16-/m0/s1. The molecule has 0 saturated carbocycles. The highest BCUT2D eigenvalue weighted by Crippen LogP contribution is 2.33. The van der Waals surface area contributed by atoms with E-state index in [0.29, 0.717) is 22.5 Å². The molecule has 0 unspecified atom stereocenters. The van der Waals surface area contributed by atoms with Crippen LogP contribution in [-0.2, 0) is 9.53 Å². The van der Waals surface area contributed by atoms with Crippen molar-refractivity contribution in [2.24, 2.45) is 0 Å². The number of carbonyl (C=O) groups excluding carboxylic acids is 2. The molecule has 3 N–H and O–H groups in total. The molecule has 3 rings (SSSR count). The SMILES string of the molecule is CCOC(=O)C1=C(C)NC(=O)N[C@H]1c1cn[nH]c1-c1ccc(OC)cc1. The number of hydrogen-bond acceptors (Lipinski definition) is 5. The van der Waals surface area contributed by atoms with E-state index in [1.54, 1.807) is 27.2 Å². The first-order valence-electron chi connectivity index (χ1n) is 8.18. The van der Waals surface area contributed by atoms with E-state index in [0.717, 1.165) is 11.3 Å². The number of esters is 1. The first kappa shape index (κ1) is 17.5. The lowest BCUT2D eigenvalue weighted by Gasteiger charge is -2.27. The average Bonchev–Trinajstić information content (AvgIpc) is 3.10. The van der Waals surface area contributed by atoms with Crippen LogP contribution in [-0.4, -0.2) is 35.9 Å². The van der Waals surface area contributed by atoms with Crippen molar-refractivity contribution in [3.05, 3.63) is 47.3 Å². The van der Waals surface area contributed by atoms with Crippen LogP contribution >= 0.6 is 0 Å². The van der Waals surface area contributed by atoms with Crippen molar-refractivity contribution >= 4 is 12.0 Å². The van der Waals surface area contributed by atoms with Crippen LogP contribution < -0.4 is 15.4 Å². The van der Waals surface area contributed by atoms with Gasteiger partial charge in [-0.3, -0.25) is 5.10 Å². The molecule has 8 heteroatoms. The Kier molecular flexibility index (Phi) is 4.92. The molecule has 0 aliphatic carbocycles. The van der Waals surface area contributed by atoms with Gasteiger partial charge in [-0.05, 0) is 38.1 Å². The van der Waals surface area contributed by atoms with Gasteiger partial charge in [0.05, 0.1) is 37.2 Å². The molecule has 0 spiro atoms. The van der Waals surface area contributed by atoms with Gasteiger partial charge in [0.25, 0.3) is 0 Å². The lowest BCUT2D eigenvalue weighted by atomic mass is 9.94. The maximum Gasteiger partial charge on any atom is 0.338 e. The average molecular weight is 356 g/mol. The zero-order valence-electron chi connectivity index (χ0n) is 14.8. The Morgan fingerprint density at radius 3 is 2.65 bits per heavy atom. The van der Waals surface area contributed by atoms with Gasteiger partial charge >= 0.3 is 12.0 Å². The molecule has 136 valence electrons. The van der Waals surface area contributed by atoms with Crippen LogP contribution in [0.1, 0.15) is 25.5 Å². The fraction of sp³-hybridized carbons (Fsp3) is 0.278. The Balaban J connectivity index is 2.04. The molecule has 1 aliphatic rings. The van der Waals surface area contributed by atoms with Gasteiger partial charge in [-0.15, -0.1) is 0 Å². The molecule has 1 aromatic carbocycles. The third kappa shape index (κ3) is 3.26. The smallest absolute Gasteiger partial charge is 0.338 e. The minimum Gasteiger partial charge on any atom is -0.497 e. The topological polar surface area (TPSA) is 105 Å². The molecule has 1 aromatic heterocycles. The summed E-state index contributed by atoms with van der Waals surface area (Å²) in [5.74, 6) is 0.248. The van der Waals surface area contributed by atoms with Crippen molar-refractivity contribution in [2.45, 2.75) is 19.9 Å². The summed E-state index contributed by atoms with van der Waals surface area (Å²) in [6, 6.07) is 6.35. The molecule has 2 aromatic rings. The van der Waals surface area contributed by atoms with Crippen LogP contribution in [0.2, 0.25) is 0 Å². The van der Waals surface area contributed by atoms with Gasteiger partial charge in [0.2, 0.25) is 0 Å². The molecule has 0 saturated heterocycles. The lowest BCUT2D eigenvalue weighted by Crippen LogP contribution is -2.45. The Bertz CT molecular complexity index is 854. The highest BCUT2D eigenvalue weighted by atomic mass is 16.5. The van der Waals surface area contributed by atoms with E-state index in [1.807, 2.05) is 24.3 Å². The first-order chi connectivity index (χ1) is 12.5. The molecular weight excluding hydrogens is 336 g/mol. The summed E-state index contributed by atoms with van der Waals surface area (Å²) in [7, 11) is 1.60. The lowest BCUT2D eigenvalue weighted by molar-refractivity contribution is -0.139. The summed E-state index contributed by atoms with van der Waals surface area (Å²) in [5, 5.41) is 12.4. The number of amides is 2. The minimum atomic E-state index is -0.668. The van der Waals surface area contributed by atoms with Gasteiger partial charge in [-0.2, -0.15) is 5.10 Å². The maximum atomic E-state index is 12.4. The highest BCUT2D eigenvalue weighted by molar-refractivity contribution is 5.95. The second-order valence-electron chi connectivity index (χ2n) is 5.72. The quantitative estimate of drug-likeness (QED) is 0.713. The predicted octanol–water partition coefficient (Wildman–Crippen LogP) is 2.28. The maximum absolute atomic E-state index is 12.4. The zero-order chi connectivity index (χ0) is 18.7. The van der Waals surface area contributed by atoms with Gasteiger partial charge in [0.15, 0.2) is 0 Å². The molecule has 0 radical (unpaired) electrons. The Hall–Kier alpha value is -3.29. The van der Waals surface area contributed by atoms with Gasteiger partial charge < -0.3 is 20.1 Å². The van der Waals surface area contributed by atoms with Crippen molar-refractivity contribution in [2.75, 3.05) is 13.7 Å². The molecule has 2 amide bonds. The second kappa shape index (κ2) is 7.30. The molecule has 1 atom stereocenters. The third-order valence-corrected chi connectivity index (χ3v) is 4.12. The van der Waals surface area contributed by atoms with E-state index < -0.39 is 12.0 Å². The van der Waals surface area contributed by atoms with Crippen molar-refractivity contribution in [1.82, 2.24) is 20.8 Å². The fourth-order valence-corrected chi connectivity index (χ4v) is 2.91. The molecule has 1 aliphatic heterocycles. The van der Waals surface area contributed by atoms with E-state index >= 15 is 0 Å².